The molecule has 0 heterocycles. The van der Waals surface area contributed by atoms with Crippen LogP contribution in [0.3, 0.4) is 0 Å². The first kappa shape index (κ1) is 16.2. The summed E-state index contributed by atoms with van der Waals surface area (Å²) < 4.78 is 5.14. The number of benzene rings is 2. The highest BCUT2D eigenvalue weighted by Crippen LogP contribution is 2.25. The lowest BCUT2D eigenvalue weighted by atomic mass is 9.98. The Labute approximate surface area is 120 Å². The Balaban J connectivity index is 0.000000491. The molecule has 1 atom stereocenters. The van der Waals surface area contributed by atoms with Crippen LogP contribution in [0.1, 0.15) is 18.4 Å². The van der Waals surface area contributed by atoms with Crippen LogP contribution in [0.15, 0.2) is 36.4 Å². The zero-order chi connectivity index (χ0) is 16.0. The predicted octanol–water partition coefficient (Wildman–Crippen LogP) is 2.69. The van der Waals surface area contributed by atoms with Gasteiger partial charge in [-0.15, -0.1) is 10.1 Å². The Hall–Kier alpha value is -2.83. The van der Waals surface area contributed by atoms with E-state index >= 15 is 0 Å². The summed E-state index contributed by atoms with van der Waals surface area (Å²) >= 11 is 0. The molecule has 112 valence electrons. The molecule has 2 N–H and O–H groups in total. The Bertz CT molecular complexity index is 651. The molecule has 7 nitrogen and oxygen atoms in total. The van der Waals surface area contributed by atoms with Gasteiger partial charge in [0.15, 0.2) is 0 Å². The normalized spacial score (nSPS) is 11.1. The van der Waals surface area contributed by atoms with Gasteiger partial charge in [-0.25, -0.2) is 0 Å². The molecule has 2 aromatic rings. The van der Waals surface area contributed by atoms with Gasteiger partial charge in [-0.3, -0.25) is 4.79 Å². The van der Waals surface area contributed by atoms with E-state index in [1.165, 1.54) is 0 Å². The second-order valence-corrected chi connectivity index (χ2v) is 4.27. The van der Waals surface area contributed by atoms with Crippen molar-refractivity contribution >= 4 is 16.7 Å². The average Bonchev–Trinajstić information content (AvgIpc) is 2.44. The van der Waals surface area contributed by atoms with Gasteiger partial charge in [-0.2, -0.15) is 0 Å². The first-order valence-corrected chi connectivity index (χ1v) is 5.99. The molecule has 0 bridgehead atoms. The Kier molecular flexibility index (Phi) is 5.48. The highest BCUT2D eigenvalue weighted by molar-refractivity contribution is 5.86. The third-order valence-electron chi connectivity index (χ3n) is 2.94. The molecule has 0 spiro atoms. The third-order valence-corrected chi connectivity index (χ3v) is 2.94. The van der Waals surface area contributed by atoms with Crippen LogP contribution in [0.5, 0.6) is 5.75 Å². The van der Waals surface area contributed by atoms with E-state index in [0.29, 0.717) is 0 Å². The first-order chi connectivity index (χ1) is 9.85. The van der Waals surface area contributed by atoms with E-state index in [9.17, 15) is 4.79 Å². The smallest absolute Gasteiger partial charge is 0.310 e. The molecule has 0 saturated carbocycles. The van der Waals surface area contributed by atoms with Gasteiger partial charge < -0.3 is 15.1 Å². The molecule has 7 heteroatoms. The van der Waals surface area contributed by atoms with E-state index in [1.807, 2.05) is 36.4 Å². The maximum atomic E-state index is 10.9. The first-order valence-electron chi connectivity index (χ1n) is 5.99. The minimum absolute atomic E-state index is 0.485. The molecule has 0 saturated heterocycles. The van der Waals surface area contributed by atoms with Crippen LogP contribution >= 0.6 is 0 Å². The predicted molar refractivity (Wildman–Crippen MR) is 75.3 cm³/mol. The van der Waals surface area contributed by atoms with Crippen LogP contribution in [-0.2, 0) is 4.79 Å². The number of carbonyl (C=O) groups is 1. The molecular formula is C14H15NO6. The van der Waals surface area contributed by atoms with E-state index in [0.717, 1.165) is 22.1 Å². The molecule has 2 rings (SSSR count). The summed E-state index contributed by atoms with van der Waals surface area (Å²) in [7, 11) is 1.63. The van der Waals surface area contributed by atoms with Gasteiger partial charge in [0, 0.05) is 0 Å². The van der Waals surface area contributed by atoms with Crippen molar-refractivity contribution in [3.05, 3.63) is 52.1 Å². The highest BCUT2D eigenvalue weighted by atomic mass is 16.9. The van der Waals surface area contributed by atoms with E-state index in [2.05, 4.69) is 0 Å². The summed E-state index contributed by atoms with van der Waals surface area (Å²) in [6, 6.07) is 11.4. The van der Waals surface area contributed by atoms with E-state index in [-0.39, 0.29) is 0 Å². The van der Waals surface area contributed by atoms with Gasteiger partial charge in [0.1, 0.15) is 5.75 Å². The maximum Gasteiger partial charge on any atom is 0.310 e. The van der Waals surface area contributed by atoms with Gasteiger partial charge in [-0.1, -0.05) is 24.3 Å². The summed E-state index contributed by atoms with van der Waals surface area (Å²) in [6.07, 6.45) is 0. The number of hydrogen-bond acceptors (Lipinski definition) is 4. The molecule has 0 aromatic heterocycles. The van der Waals surface area contributed by atoms with Crippen molar-refractivity contribution in [2.24, 2.45) is 0 Å². The molecular weight excluding hydrogens is 278 g/mol. The molecule has 21 heavy (non-hydrogen) atoms. The molecule has 0 amide bonds. The summed E-state index contributed by atoms with van der Waals surface area (Å²) in [6.45, 7) is 1.69. The number of methoxy groups -OCH3 is 1. The number of hydrogen-bond donors (Lipinski definition) is 2. The fourth-order valence-electron chi connectivity index (χ4n) is 1.78. The number of fused-ring (bicyclic) bond motifs is 1. The van der Waals surface area contributed by atoms with Crippen LogP contribution < -0.4 is 4.74 Å². The van der Waals surface area contributed by atoms with Crippen molar-refractivity contribution in [1.29, 1.82) is 0 Å². The van der Waals surface area contributed by atoms with Crippen molar-refractivity contribution in [3.63, 3.8) is 0 Å². The fourth-order valence-corrected chi connectivity index (χ4v) is 1.78. The van der Waals surface area contributed by atoms with Crippen LogP contribution in [0.2, 0.25) is 0 Å². The fraction of sp³-hybridized carbons (Fsp3) is 0.214. The topological polar surface area (TPSA) is 110 Å². The quantitative estimate of drug-likeness (QED) is 0.665. The highest BCUT2D eigenvalue weighted by Gasteiger charge is 2.13. The van der Waals surface area contributed by atoms with Gasteiger partial charge >= 0.3 is 5.97 Å². The van der Waals surface area contributed by atoms with Crippen LogP contribution in [0, 0.1) is 10.1 Å². The Morgan fingerprint density at radius 1 is 1.24 bits per heavy atom. The van der Waals surface area contributed by atoms with Crippen LogP contribution in [0.25, 0.3) is 10.8 Å². The van der Waals surface area contributed by atoms with Crippen LogP contribution in [-0.4, -0.2) is 28.5 Å². The van der Waals surface area contributed by atoms with Crippen molar-refractivity contribution in [2.75, 3.05) is 7.11 Å². The zero-order valence-electron chi connectivity index (χ0n) is 11.5. The lowest BCUT2D eigenvalue weighted by Crippen LogP contribution is -2.06. The van der Waals surface area contributed by atoms with Crippen molar-refractivity contribution in [1.82, 2.24) is 0 Å². The summed E-state index contributed by atoms with van der Waals surface area (Å²) in [4.78, 5) is 19.3. The zero-order valence-corrected chi connectivity index (χ0v) is 11.5. The summed E-state index contributed by atoms with van der Waals surface area (Å²) in [5.74, 6) is -0.490. The number of rotatable bonds is 3. The van der Waals surface area contributed by atoms with Gasteiger partial charge in [0.05, 0.1) is 13.0 Å². The van der Waals surface area contributed by atoms with E-state index in [4.69, 9.17) is 25.2 Å². The SMILES string of the molecule is COc1ccc2cc([C@H](C)C(=O)O)ccc2c1.O=[N+]([O-])O. The Morgan fingerprint density at radius 3 is 2.29 bits per heavy atom. The number of ether oxygens (including phenoxy) is 1. The molecule has 0 radical (unpaired) electrons. The molecule has 0 aliphatic carbocycles. The van der Waals surface area contributed by atoms with Gasteiger partial charge in [0.25, 0.3) is 5.09 Å². The average molecular weight is 293 g/mol. The minimum Gasteiger partial charge on any atom is -0.497 e. The van der Waals surface area contributed by atoms with Crippen LogP contribution in [0.4, 0.5) is 0 Å². The monoisotopic (exact) mass is 293 g/mol. The van der Waals surface area contributed by atoms with E-state index < -0.39 is 17.0 Å². The number of aliphatic carboxylic acids is 1. The van der Waals surface area contributed by atoms with Crippen molar-refractivity contribution < 1.29 is 24.9 Å². The molecule has 0 aliphatic heterocycles. The van der Waals surface area contributed by atoms with Crippen molar-refractivity contribution in [3.8, 4) is 5.75 Å². The van der Waals surface area contributed by atoms with Gasteiger partial charge in [0.2, 0.25) is 0 Å². The number of carboxylic acid groups (broad SMARTS) is 1. The van der Waals surface area contributed by atoms with E-state index in [1.54, 1.807) is 14.0 Å². The molecule has 0 unspecified atom stereocenters. The second-order valence-electron chi connectivity index (χ2n) is 4.27. The number of carboxylic acids is 1. The second kappa shape index (κ2) is 7.09. The standard InChI is InChI=1S/C14H14O3.HNO3/c1-9(14(15)16)10-3-4-12-8-13(17-2)6-5-11(12)7-10;2-1(3)4/h3-9H,1-2H3,(H,15,16);(H,2,3,4)/t9-;/m0./s1. The lowest BCUT2D eigenvalue weighted by molar-refractivity contribution is -0.742. The minimum atomic E-state index is -1.50. The summed E-state index contributed by atoms with van der Waals surface area (Å²) in [5.41, 5.74) is 0.815. The largest absolute Gasteiger partial charge is 0.497 e. The Morgan fingerprint density at radius 2 is 1.76 bits per heavy atom. The molecule has 0 aliphatic rings. The van der Waals surface area contributed by atoms with Crippen molar-refractivity contribution in [2.45, 2.75) is 12.8 Å². The number of nitrogens with zero attached hydrogens (tertiary/aromatic N) is 1. The summed E-state index contributed by atoms with van der Waals surface area (Å²) in [5, 5.41) is 24.7. The van der Waals surface area contributed by atoms with Gasteiger partial charge in [-0.05, 0) is 35.4 Å². The molecule has 0 fully saturated rings. The third kappa shape index (κ3) is 4.64. The lowest BCUT2D eigenvalue weighted by Gasteiger charge is -2.08. The molecule has 2 aromatic carbocycles. The maximum absolute atomic E-state index is 10.9.